The topological polar surface area (TPSA) is 34.1 Å². The zero-order chi connectivity index (χ0) is 9.19. The number of ketones is 1. The van der Waals surface area contributed by atoms with Crippen LogP contribution in [0.3, 0.4) is 0 Å². The van der Waals surface area contributed by atoms with Gasteiger partial charge in [0.2, 0.25) is 0 Å². The average molecular weight is 166 g/mol. The van der Waals surface area contributed by atoms with Gasteiger partial charge in [0.25, 0.3) is 0 Å². The molecule has 1 atom stereocenters. The highest BCUT2D eigenvalue weighted by Crippen LogP contribution is 2.36. The highest BCUT2D eigenvalue weighted by molar-refractivity contribution is 5.93. The number of carbonyl (C=O) groups excluding carboxylic acids is 2. The average Bonchev–Trinajstić information content (AvgIpc) is 2.05. The largest absolute Gasteiger partial charge is 0.299 e. The third-order valence-electron chi connectivity index (χ3n) is 2.79. The van der Waals surface area contributed by atoms with Crippen LogP contribution in [-0.2, 0) is 9.59 Å². The van der Waals surface area contributed by atoms with Gasteiger partial charge >= 0.3 is 0 Å². The number of hydrogen-bond acceptors (Lipinski definition) is 2. The van der Waals surface area contributed by atoms with Crippen molar-refractivity contribution in [3.8, 4) is 0 Å². The Kier molecular flexibility index (Phi) is 2.46. The van der Waals surface area contributed by atoms with E-state index in [1.165, 1.54) is 0 Å². The van der Waals surface area contributed by atoms with Crippen molar-refractivity contribution in [3.05, 3.63) is 11.6 Å². The third kappa shape index (κ3) is 1.33. The number of Topliss-reactive ketones (excluding diaryl/α,β-unsaturated/α-hetero) is 1. The summed E-state index contributed by atoms with van der Waals surface area (Å²) in [5, 5.41) is 0. The van der Waals surface area contributed by atoms with E-state index in [4.69, 9.17) is 0 Å². The van der Waals surface area contributed by atoms with Crippen molar-refractivity contribution in [1.29, 1.82) is 0 Å². The maximum Gasteiger partial charge on any atom is 0.146 e. The molecule has 1 rings (SSSR count). The zero-order valence-electron chi connectivity index (χ0n) is 7.59. The lowest BCUT2D eigenvalue weighted by atomic mass is 9.72. The summed E-state index contributed by atoms with van der Waals surface area (Å²) in [7, 11) is 0. The van der Waals surface area contributed by atoms with E-state index in [1.54, 1.807) is 6.92 Å². The van der Waals surface area contributed by atoms with Crippen LogP contribution in [0.15, 0.2) is 11.6 Å². The smallest absolute Gasteiger partial charge is 0.146 e. The molecule has 0 amide bonds. The second-order valence-corrected chi connectivity index (χ2v) is 3.56. The Labute approximate surface area is 72.7 Å². The molecule has 0 fully saturated rings. The zero-order valence-corrected chi connectivity index (χ0v) is 7.59. The molecular weight excluding hydrogens is 152 g/mol. The first-order chi connectivity index (χ1) is 5.61. The molecule has 0 radical (unpaired) electrons. The molecule has 0 N–H and O–H groups in total. The van der Waals surface area contributed by atoms with E-state index in [9.17, 15) is 9.59 Å². The van der Waals surface area contributed by atoms with Crippen LogP contribution in [0.5, 0.6) is 0 Å². The van der Waals surface area contributed by atoms with Crippen molar-refractivity contribution in [2.75, 3.05) is 0 Å². The molecule has 0 saturated heterocycles. The van der Waals surface area contributed by atoms with Crippen molar-refractivity contribution in [1.82, 2.24) is 0 Å². The number of carbonyl (C=O) groups is 2. The van der Waals surface area contributed by atoms with Crippen LogP contribution in [0.2, 0.25) is 0 Å². The fourth-order valence-electron chi connectivity index (χ4n) is 1.64. The Morgan fingerprint density at radius 2 is 2.33 bits per heavy atom. The molecule has 0 aliphatic heterocycles. The molecule has 0 aromatic carbocycles. The standard InChI is InChI=1S/C10H14O2/c1-8(12)10(2)6-4-3-5-9(10)7-11/h5,7H,3-4,6H2,1-2H3/t10-/m0/s1. The Hall–Kier alpha value is -0.920. The van der Waals surface area contributed by atoms with E-state index in [1.807, 2.05) is 13.0 Å². The quantitative estimate of drug-likeness (QED) is 0.587. The summed E-state index contributed by atoms with van der Waals surface area (Å²) in [5.74, 6) is 0.0977. The van der Waals surface area contributed by atoms with Crippen LogP contribution < -0.4 is 0 Å². The van der Waals surface area contributed by atoms with Gasteiger partial charge in [0, 0.05) is 5.57 Å². The molecule has 2 nitrogen and oxygen atoms in total. The third-order valence-corrected chi connectivity index (χ3v) is 2.79. The van der Waals surface area contributed by atoms with Gasteiger partial charge in [-0.05, 0) is 33.1 Å². The number of allylic oxidation sites excluding steroid dienone is 2. The molecule has 12 heavy (non-hydrogen) atoms. The lowest BCUT2D eigenvalue weighted by molar-refractivity contribution is -0.125. The molecule has 1 aliphatic carbocycles. The first-order valence-corrected chi connectivity index (χ1v) is 4.28. The maximum atomic E-state index is 11.3. The number of rotatable bonds is 2. The van der Waals surface area contributed by atoms with Gasteiger partial charge in [-0.15, -0.1) is 0 Å². The minimum absolute atomic E-state index is 0.0977. The number of aldehydes is 1. The van der Waals surface area contributed by atoms with Gasteiger partial charge in [0.05, 0.1) is 5.41 Å². The Morgan fingerprint density at radius 3 is 2.75 bits per heavy atom. The molecule has 0 saturated carbocycles. The Morgan fingerprint density at radius 1 is 1.67 bits per heavy atom. The van der Waals surface area contributed by atoms with Gasteiger partial charge in [-0.1, -0.05) is 6.08 Å². The van der Waals surface area contributed by atoms with Crippen molar-refractivity contribution < 1.29 is 9.59 Å². The minimum Gasteiger partial charge on any atom is -0.299 e. The fourth-order valence-corrected chi connectivity index (χ4v) is 1.64. The van der Waals surface area contributed by atoms with Crippen LogP contribution in [0.1, 0.15) is 33.1 Å². The SMILES string of the molecule is CC(=O)[C@]1(C)CCCC=C1C=O. The van der Waals surface area contributed by atoms with Crippen molar-refractivity contribution >= 4 is 12.1 Å². The second-order valence-electron chi connectivity index (χ2n) is 3.56. The van der Waals surface area contributed by atoms with E-state index < -0.39 is 5.41 Å². The molecular formula is C10H14O2. The molecule has 0 unspecified atom stereocenters. The summed E-state index contributed by atoms with van der Waals surface area (Å²) in [5.41, 5.74) is 0.168. The van der Waals surface area contributed by atoms with Gasteiger partial charge in [-0.3, -0.25) is 9.59 Å². The monoisotopic (exact) mass is 166 g/mol. The first kappa shape index (κ1) is 9.17. The minimum atomic E-state index is -0.500. The summed E-state index contributed by atoms with van der Waals surface area (Å²) in [6.45, 7) is 3.41. The maximum absolute atomic E-state index is 11.3. The Balaban J connectivity index is 3.01. The van der Waals surface area contributed by atoms with Crippen molar-refractivity contribution in [2.24, 2.45) is 5.41 Å². The van der Waals surface area contributed by atoms with E-state index in [0.717, 1.165) is 25.5 Å². The van der Waals surface area contributed by atoms with Crippen LogP contribution in [0.25, 0.3) is 0 Å². The molecule has 1 aliphatic rings. The lowest BCUT2D eigenvalue weighted by Gasteiger charge is -2.29. The van der Waals surface area contributed by atoms with Gasteiger partial charge < -0.3 is 0 Å². The molecule has 0 aromatic heterocycles. The van der Waals surface area contributed by atoms with E-state index >= 15 is 0 Å². The summed E-state index contributed by atoms with van der Waals surface area (Å²) >= 11 is 0. The van der Waals surface area contributed by atoms with Crippen molar-refractivity contribution in [3.63, 3.8) is 0 Å². The van der Waals surface area contributed by atoms with Crippen LogP contribution in [-0.4, -0.2) is 12.1 Å². The van der Waals surface area contributed by atoms with Crippen LogP contribution in [0, 0.1) is 5.41 Å². The molecule has 66 valence electrons. The summed E-state index contributed by atoms with van der Waals surface area (Å²) in [6.07, 6.45) is 5.45. The predicted octanol–water partition coefficient (Wildman–Crippen LogP) is 1.89. The van der Waals surface area contributed by atoms with E-state index in [0.29, 0.717) is 5.57 Å². The van der Waals surface area contributed by atoms with Gasteiger partial charge in [0.1, 0.15) is 12.1 Å². The first-order valence-electron chi connectivity index (χ1n) is 4.28. The normalized spacial score (nSPS) is 29.3. The highest BCUT2D eigenvalue weighted by Gasteiger charge is 2.34. The highest BCUT2D eigenvalue weighted by atomic mass is 16.1. The molecule has 2 heteroatoms. The Bertz CT molecular complexity index is 240. The summed E-state index contributed by atoms with van der Waals surface area (Å²) in [4.78, 5) is 21.9. The number of hydrogen-bond donors (Lipinski definition) is 0. The lowest BCUT2D eigenvalue weighted by Crippen LogP contribution is -2.30. The molecule has 0 aromatic rings. The molecule has 0 heterocycles. The predicted molar refractivity (Wildman–Crippen MR) is 46.8 cm³/mol. The van der Waals surface area contributed by atoms with Crippen LogP contribution >= 0.6 is 0 Å². The van der Waals surface area contributed by atoms with E-state index in [-0.39, 0.29) is 5.78 Å². The fraction of sp³-hybridized carbons (Fsp3) is 0.600. The van der Waals surface area contributed by atoms with Gasteiger partial charge in [0.15, 0.2) is 0 Å². The van der Waals surface area contributed by atoms with Gasteiger partial charge in [-0.2, -0.15) is 0 Å². The molecule has 0 spiro atoms. The van der Waals surface area contributed by atoms with Crippen molar-refractivity contribution in [2.45, 2.75) is 33.1 Å². The molecule has 0 bridgehead atoms. The van der Waals surface area contributed by atoms with E-state index in [2.05, 4.69) is 0 Å². The second kappa shape index (κ2) is 3.21. The summed E-state index contributed by atoms with van der Waals surface area (Å²) in [6, 6.07) is 0. The summed E-state index contributed by atoms with van der Waals surface area (Å²) < 4.78 is 0. The van der Waals surface area contributed by atoms with Gasteiger partial charge in [-0.25, -0.2) is 0 Å². The van der Waals surface area contributed by atoms with Crippen LogP contribution in [0.4, 0.5) is 0 Å².